The molecule has 26 heavy (non-hydrogen) atoms. The summed E-state index contributed by atoms with van der Waals surface area (Å²) in [5.74, 6) is 0.139. The molecule has 1 atom stereocenters. The lowest BCUT2D eigenvalue weighted by molar-refractivity contribution is 0.0940. The molecule has 1 unspecified atom stereocenters. The number of ether oxygens (including phenoxy) is 1. The number of nitrogens with zero attached hydrogens (tertiary/aromatic N) is 1. The molecule has 4 nitrogen and oxygen atoms in total. The van der Waals surface area contributed by atoms with Gasteiger partial charge in [0, 0.05) is 23.5 Å². The third-order valence-electron chi connectivity index (χ3n) is 3.96. The quantitative estimate of drug-likeness (QED) is 0.721. The van der Waals surface area contributed by atoms with Crippen molar-refractivity contribution in [1.29, 1.82) is 0 Å². The molecule has 1 amide bonds. The van der Waals surface area contributed by atoms with E-state index in [0.717, 1.165) is 16.9 Å². The van der Waals surface area contributed by atoms with Crippen molar-refractivity contribution in [2.75, 3.05) is 0 Å². The van der Waals surface area contributed by atoms with Crippen molar-refractivity contribution in [2.24, 2.45) is 0 Å². The highest BCUT2D eigenvalue weighted by molar-refractivity contribution is 5.94. The van der Waals surface area contributed by atoms with E-state index in [1.54, 1.807) is 12.4 Å². The van der Waals surface area contributed by atoms with Crippen LogP contribution in [0.2, 0.25) is 0 Å². The molecule has 1 heterocycles. The van der Waals surface area contributed by atoms with Gasteiger partial charge in [-0.15, -0.1) is 0 Å². The zero-order valence-electron chi connectivity index (χ0n) is 14.4. The number of pyridine rings is 1. The van der Waals surface area contributed by atoms with E-state index < -0.39 is 0 Å². The summed E-state index contributed by atoms with van der Waals surface area (Å²) in [6.45, 7) is 2.34. The second kappa shape index (κ2) is 8.25. The fourth-order valence-electron chi connectivity index (χ4n) is 2.47. The fraction of sp³-hybridized carbons (Fsp3) is 0.143. The van der Waals surface area contributed by atoms with Crippen LogP contribution < -0.4 is 10.1 Å². The summed E-state index contributed by atoms with van der Waals surface area (Å²) in [5.41, 5.74) is 2.38. The number of hydrogen-bond acceptors (Lipinski definition) is 3. The first kappa shape index (κ1) is 17.6. The van der Waals surface area contributed by atoms with Crippen molar-refractivity contribution >= 4 is 5.91 Å². The van der Waals surface area contributed by atoms with Gasteiger partial charge in [0.15, 0.2) is 0 Å². The Hall–Kier alpha value is -3.21. The van der Waals surface area contributed by atoms with E-state index in [1.165, 1.54) is 24.3 Å². The van der Waals surface area contributed by atoms with Crippen LogP contribution in [0.3, 0.4) is 0 Å². The number of benzene rings is 2. The van der Waals surface area contributed by atoms with Crippen LogP contribution in [0.1, 0.15) is 34.5 Å². The molecule has 3 rings (SSSR count). The highest BCUT2D eigenvalue weighted by atomic mass is 19.1. The summed E-state index contributed by atoms with van der Waals surface area (Å²) >= 11 is 0. The first-order valence-electron chi connectivity index (χ1n) is 8.30. The van der Waals surface area contributed by atoms with Gasteiger partial charge in [0.1, 0.15) is 18.2 Å². The number of aromatic nitrogens is 1. The zero-order chi connectivity index (χ0) is 18.4. The summed E-state index contributed by atoms with van der Waals surface area (Å²) in [7, 11) is 0. The van der Waals surface area contributed by atoms with Crippen LogP contribution in [0.5, 0.6) is 5.75 Å². The minimum Gasteiger partial charge on any atom is -0.489 e. The Bertz CT molecular complexity index is 849. The average molecular weight is 350 g/mol. The van der Waals surface area contributed by atoms with Gasteiger partial charge >= 0.3 is 0 Å². The molecule has 0 fully saturated rings. The molecular formula is C21H19FN2O2. The summed E-state index contributed by atoms with van der Waals surface area (Å²) < 4.78 is 18.7. The van der Waals surface area contributed by atoms with Gasteiger partial charge in [-0.1, -0.05) is 18.2 Å². The van der Waals surface area contributed by atoms with Crippen LogP contribution in [0, 0.1) is 5.82 Å². The van der Waals surface area contributed by atoms with Crippen LogP contribution in [0.15, 0.2) is 73.1 Å². The van der Waals surface area contributed by atoms with Gasteiger partial charge in [-0.2, -0.15) is 0 Å². The maximum Gasteiger partial charge on any atom is 0.251 e. The van der Waals surface area contributed by atoms with Crippen molar-refractivity contribution in [3.63, 3.8) is 0 Å². The van der Waals surface area contributed by atoms with Crippen molar-refractivity contribution in [3.8, 4) is 5.75 Å². The monoisotopic (exact) mass is 350 g/mol. The van der Waals surface area contributed by atoms with Gasteiger partial charge in [-0.25, -0.2) is 4.39 Å². The number of carbonyl (C=O) groups is 1. The van der Waals surface area contributed by atoms with Crippen LogP contribution in [-0.4, -0.2) is 10.9 Å². The number of amides is 1. The largest absolute Gasteiger partial charge is 0.489 e. The molecule has 0 aliphatic rings. The summed E-state index contributed by atoms with van der Waals surface area (Å²) in [6, 6.07) is 16.7. The third kappa shape index (κ3) is 4.66. The Morgan fingerprint density at radius 3 is 2.50 bits per heavy atom. The number of halogens is 1. The Morgan fingerprint density at radius 1 is 1.12 bits per heavy atom. The highest BCUT2D eigenvalue weighted by Gasteiger charge is 2.11. The lowest BCUT2D eigenvalue weighted by Gasteiger charge is -2.15. The lowest BCUT2D eigenvalue weighted by atomic mass is 10.1. The molecular weight excluding hydrogens is 331 g/mol. The number of nitrogens with one attached hydrogen (secondary N) is 1. The van der Waals surface area contributed by atoms with Gasteiger partial charge in [-0.05, 0) is 55.0 Å². The predicted octanol–water partition coefficient (Wildman–Crippen LogP) is 4.29. The molecule has 0 aliphatic carbocycles. The van der Waals surface area contributed by atoms with Crippen LogP contribution >= 0.6 is 0 Å². The normalized spacial score (nSPS) is 11.6. The molecule has 132 valence electrons. The van der Waals surface area contributed by atoms with Gasteiger partial charge < -0.3 is 10.1 Å². The molecule has 2 aromatic carbocycles. The van der Waals surface area contributed by atoms with E-state index in [4.69, 9.17) is 4.74 Å². The standard InChI is InChI=1S/C21H19FN2O2/c1-15(24-21(25)18-4-8-19(22)9-5-18)17-6-10-20(11-7-17)26-14-16-3-2-12-23-13-16/h2-13,15H,14H2,1H3,(H,24,25). The Morgan fingerprint density at radius 2 is 1.85 bits per heavy atom. The van der Waals surface area contributed by atoms with Crippen LogP contribution in [0.4, 0.5) is 4.39 Å². The number of rotatable bonds is 6. The van der Waals surface area contributed by atoms with Gasteiger partial charge in [0.25, 0.3) is 5.91 Å². The summed E-state index contributed by atoms with van der Waals surface area (Å²) in [4.78, 5) is 16.3. The van der Waals surface area contributed by atoms with E-state index in [9.17, 15) is 9.18 Å². The predicted molar refractivity (Wildman–Crippen MR) is 97.3 cm³/mol. The first-order chi connectivity index (χ1) is 12.6. The van der Waals surface area contributed by atoms with Crippen LogP contribution in [0.25, 0.3) is 0 Å². The third-order valence-corrected chi connectivity index (χ3v) is 3.96. The molecule has 5 heteroatoms. The molecule has 0 aliphatic heterocycles. The SMILES string of the molecule is CC(NC(=O)c1ccc(F)cc1)c1ccc(OCc2cccnc2)cc1. The van der Waals surface area contributed by atoms with E-state index in [1.807, 2.05) is 43.3 Å². The van der Waals surface area contributed by atoms with Gasteiger partial charge in [0.2, 0.25) is 0 Å². The molecule has 0 spiro atoms. The highest BCUT2D eigenvalue weighted by Crippen LogP contribution is 2.19. The smallest absolute Gasteiger partial charge is 0.251 e. The van der Waals surface area contributed by atoms with E-state index in [-0.39, 0.29) is 17.8 Å². The summed E-state index contributed by atoms with van der Waals surface area (Å²) in [6.07, 6.45) is 3.49. The first-order valence-corrected chi connectivity index (χ1v) is 8.30. The maximum absolute atomic E-state index is 12.9. The maximum atomic E-state index is 12.9. The minimum atomic E-state index is -0.364. The number of carbonyl (C=O) groups excluding carboxylic acids is 1. The van der Waals surface area contributed by atoms with Crippen molar-refractivity contribution in [3.05, 3.63) is 95.6 Å². The van der Waals surface area contributed by atoms with Gasteiger partial charge in [0.05, 0.1) is 6.04 Å². The zero-order valence-corrected chi connectivity index (χ0v) is 14.4. The Kier molecular flexibility index (Phi) is 5.59. The molecule has 0 radical (unpaired) electrons. The second-order valence-corrected chi connectivity index (χ2v) is 5.92. The second-order valence-electron chi connectivity index (χ2n) is 5.92. The summed E-state index contributed by atoms with van der Waals surface area (Å²) in [5, 5.41) is 2.90. The Balaban J connectivity index is 1.57. The molecule has 3 aromatic rings. The molecule has 1 N–H and O–H groups in total. The van der Waals surface area contributed by atoms with E-state index in [2.05, 4.69) is 10.3 Å². The van der Waals surface area contributed by atoms with Crippen LogP contribution in [-0.2, 0) is 6.61 Å². The fourth-order valence-corrected chi connectivity index (χ4v) is 2.47. The topological polar surface area (TPSA) is 51.2 Å². The van der Waals surface area contributed by atoms with E-state index in [0.29, 0.717) is 12.2 Å². The van der Waals surface area contributed by atoms with Crippen molar-refractivity contribution in [1.82, 2.24) is 10.3 Å². The molecule has 0 bridgehead atoms. The number of hydrogen-bond donors (Lipinski definition) is 1. The lowest BCUT2D eigenvalue weighted by Crippen LogP contribution is -2.26. The van der Waals surface area contributed by atoms with Crippen molar-refractivity contribution in [2.45, 2.75) is 19.6 Å². The molecule has 0 saturated carbocycles. The molecule has 1 aromatic heterocycles. The molecule has 0 saturated heterocycles. The minimum absolute atomic E-state index is 0.181. The van der Waals surface area contributed by atoms with E-state index >= 15 is 0 Å². The van der Waals surface area contributed by atoms with Crippen molar-refractivity contribution < 1.29 is 13.9 Å². The average Bonchev–Trinajstić information content (AvgIpc) is 2.68. The van der Waals surface area contributed by atoms with Gasteiger partial charge in [-0.3, -0.25) is 9.78 Å². The Labute approximate surface area is 151 Å².